The van der Waals surface area contributed by atoms with Crippen molar-refractivity contribution in [1.29, 1.82) is 0 Å². The maximum atomic E-state index is 13.4. The van der Waals surface area contributed by atoms with E-state index in [0.717, 1.165) is 0 Å². The Morgan fingerprint density at radius 3 is 1.00 bits per heavy atom. The van der Waals surface area contributed by atoms with E-state index in [-0.39, 0.29) is 46.6 Å². The second-order valence-corrected chi connectivity index (χ2v) is 13.2. The molecule has 0 unspecified atom stereocenters. The van der Waals surface area contributed by atoms with E-state index >= 15 is 0 Å². The highest BCUT2D eigenvalue weighted by atomic mass is 16.3. The SMILES string of the molecule is O=C(/C=C/c1ccccc1O)NCCCN(CCCCN(CCCNC(=O)/C=C/c1ccccc1O)C(=O)/C=C/c1ccccc1O)C(=O)/C=C/c1ccccc1O. The van der Waals surface area contributed by atoms with Crippen molar-refractivity contribution in [3.8, 4) is 23.0 Å². The summed E-state index contributed by atoms with van der Waals surface area (Å²) in [5.74, 6) is -1.03. The predicted molar refractivity (Wildman–Crippen MR) is 226 cm³/mol. The van der Waals surface area contributed by atoms with Gasteiger partial charge in [-0.25, -0.2) is 0 Å². The molecule has 0 aliphatic rings. The first-order valence-corrected chi connectivity index (χ1v) is 19.1. The number of para-hydroxylation sites is 4. The van der Waals surface area contributed by atoms with Gasteiger partial charge in [-0.3, -0.25) is 19.2 Å². The maximum absolute atomic E-state index is 13.4. The lowest BCUT2D eigenvalue weighted by Crippen LogP contribution is -2.36. The first-order valence-electron chi connectivity index (χ1n) is 19.1. The van der Waals surface area contributed by atoms with Crippen LogP contribution in [0.25, 0.3) is 24.3 Å². The van der Waals surface area contributed by atoms with Gasteiger partial charge in [0.15, 0.2) is 0 Å². The topological polar surface area (TPSA) is 180 Å². The second kappa shape index (κ2) is 23.8. The molecule has 4 rings (SSSR count). The fourth-order valence-electron chi connectivity index (χ4n) is 5.73. The number of amides is 4. The summed E-state index contributed by atoms with van der Waals surface area (Å²) in [6, 6.07) is 26.7. The van der Waals surface area contributed by atoms with Gasteiger partial charge in [0.25, 0.3) is 0 Å². The fraction of sp³-hybridized carbons (Fsp3) is 0.217. The van der Waals surface area contributed by atoms with Crippen LogP contribution in [-0.2, 0) is 19.2 Å². The normalized spacial score (nSPS) is 11.4. The molecule has 12 nitrogen and oxygen atoms in total. The third-order valence-electron chi connectivity index (χ3n) is 8.92. The number of aromatic hydroxyl groups is 4. The largest absolute Gasteiger partial charge is 0.507 e. The van der Waals surface area contributed by atoms with Gasteiger partial charge in [-0.1, -0.05) is 72.8 Å². The second-order valence-electron chi connectivity index (χ2n) is 13.2. The highest BCUT2D eigenvalue weighted by Crippen LogP contribution is 2.20. The fourth-order valence-corrected chi connectivity index (χ4v) is 5.73. The van der Waals surface area contributed by atoms with Crippen LogP contribution < -0.4 is 10.6 Å². The molecule has 12 heteroatoms. The number of nitrogens with one attached hydrogen (secondary N) is 2. The molecule has 0 heterocycles. The van der Waals surface area contributed by atoms with E-state index in [0.29, 0.717) is 87.2 Å². The molecule has 0 saturated carbocycles. The minimum atomic E-state index is -0.342. The van der Waals surface area contributed by atoms with E-state index in [1.165, 1.54) is 60.7 Å². The Hall–Kier alpha value is -7.08. The number of hydrogen-bond acceptors (Lipinski definition) is 8. The number of phenolic OH excluding ortho intramolecular Hbond substituents is 4. The number of benzene rings is 4. The van der Waals surface area contributed by atoms with E-state index in [1.54, 1.807) is 94.7 Å². The van der Waals surface area contributed by atoms with Crippen molar-refractivity contribution in [3.05, 3.63) is 144 Å². The van der Waals surface area contributed by atoms with Gasteiger partial charge < -0.3 is 40.9 Å². The molecule has 0 aliphatic heterocycles. The number of nitrogens with zero attached hydrogens (tertiary/aromatic N) is 2. The monoisotopic (exact) mass is 786 g/mol. The van der Waals surface area contributed by atoms with Crippen LogP contribution in [-0.4, -0.2) is 93.1 Å². The highest BCUT2D eigenvalue weighted by Gasteiger charge is 2.14. The molecule has 6 N–H and O–H groups in total. The van der Waals surface area contributed by atoms with Crippen LogP contribution in [0.5, 0.6) is 23.0 Å². The van der Waals surface area contributed by atoms with Crippen molar-refractivity contribution in [3.63, 3.8) is 0 Å². The van der Waals surface area contributed by atoms with Crippen LogP contribution in [0.1, 0.15) is 47.9 Å². The lowest BCUT2D eigenvalue weighted by molar-refractivity contribution is -0.127. The molecule has 0 spiro atoms. The molecule has 302 valence electrons. The van der Waals surface area contributed by atoms with Crippen molar-refractivity contribution in [2.75, 3.05) is 39.3 Å². The summed E-state index contributed by atoms with van der Waals surface area (Å²) in [5, 5.41) is 45.8. The summed E-state index contributed by atoms with van der Waals surface area (Å²) < 4.78 is 0. The van der Waals surface area contributed by atoms with E-state index in [2.05, 4.69) is 10.6 Å². The van der Waals surface area contributed by atoms with Crippen LogP contribution >= 0.6 is 0 Å². The number of phenols is 4. The van der Waals surface area contributed by atoms with Gasteiger partial charge in [0.05, 0.1) is 0 Å². The van der Waals surface area contributed by atoms with Gasteiger partial charge in [-0.2, -0.15) is 0 Å². The minimum Gasteiger partial charge on any atom is -0.507 e. The lowest BCUT2D eigenvalue weighted by atomic mass is 10.1. The molecular weight excluding hydrogens is 737 g/mol. The van der Waals surface area contributed by atoms with Crippen LogP contribution in [0.4, 0.5) is 0 Å². The molecule has 0 bridgehead atoms. The van der Waals surface area contributed by atoms with Crippen molar-refractivity contribution < 1.29 is 39.6 Å². The molecule has 4 amide bonds. The number of unbranched alkanes of at least 4 members (excludes halogenated alkanes) is 1. The molecule has 0 radical (unpaired) electrons. The molecule has 0 saturated heterocycles. The van der Waals surface area contributed by atoms with Crippen LogP contribution in [0.15, 0.2) is 121 Å². The summed E-state index contributed by atoms with van der Waals surface area (Å²) in [7, 11) is 0. The van der Waals surface area contributed by atoms with E-state index < -0.39 is 0 Å². The van der Waals surface area contributed by atoms with Gasteiger partial charge in [-0.05, 0) is 74.3 Å². The van der Waals surface area contributed by atoms with Crippen molar-refractivity contribution in [2.45, 2.75) is 25.7 Å². The van der Waals surface area contributed by atoms with Crippen LogP contribution in [0.3, 0.4) is 0 Å². The van der Waals surface area contributed by atoms with Gasteiger partial charge in [-0.15, -0.1) is 0 Å². The predicted octanol–water partition coefficient (Wildman–Crippen LogP) is 6.11. The van der Waals surface area contributed by atoms with Gasteiger partial charge in [0.2, 0.25) is 23.6 Å². The van der Waals surface area contributed by atoms with E-state index in [9.17, 15) is 39.6 Å². The zero-order chi connectivity index (χ0) is 41.5. The molecule has 0 aromatic heterocycles. The van der Waals surface area contributed by atoms with E-state index in [4.69, 9.17) is 0 Å². The van der Waals surface area contributed by atoms with Gasteiger partial charge in [0, 0.05) is 85.8 Å². The third-order valence-corrected chi connectivity index (χ3v) is 8.92. The summed E-state index contributed by atoms with van der Waals surface area (Å²) in [6.07, 6.45) is 13.6. The molecule has 4 aromatic rings. The average Bonchev–Trinajstić information content (AvgIpc) is 3.22. The first-order chi connectivity index (χ1) is 28.1. The van der Waals surface area contributed by atoms with Crippen molar-refractivity contribution in [2.24, 2.45) is 0 Å². The minimum absolute atomic E-state index is 0.0440. The summed E-state index contributed by atoms with van der Waals surface area (Å²) in [6.45, 7) is 1.97. The average molecular weight is 787 g/mol. The van der Waals surface area contributed by atoms with Gasteiger partial charge >= 0.3 is 0 Å². The Labute approximate surface area is 338 Å². The number of hydrogen-bond donors (Lipinski definition) is 6. The third kappa shape index (κ3) is 15.2. The Morgan fingerprint density at radius 2 is 0.690 bits per heavy atom. The lowest BCUT2D eigenvalue weighted by Gasteiger charge is -2.24. The smallest absolute Gasteiger partial charge is 0.246 e. The first kappa shape index (κ1) is 43.6. The highest BCUT2D eigenvalue weighted by molar-refractivity contribution is 5.94. The molecule has 4 aromatic carbocycles. The standard InChI is InChI=1S/C46H50N4O8/c51-39-17-5-1-13-35(39)21-25-43(55)47-29-11-33-49(45(57)27-23-37-15-3-7-19-41(37)53)31-9-10-32-50(46(58)28-24-38-16-4-8-20-42(38)54)34-12-30-48-44(56)26-22-36-14-2-6-18-40(36)52/h1-8,13-28,51-54H,9-12,29-34H2,(H,47,55)(H,48,56)/b25-21+,26-22+,27-23+,28-24+. The zero-order valence-corrected chi connectivity index (χ0v) is 32.2. The molecule has 0 aliphatic carbocycles. The number of carbonyl (C=O) groups excluding carboxylic acids is 4. The molecule has 0 fully saturated rings. The van der Waals surface area contributed by atoms with E-state index in [1.807, 2.05) is 0 Å². The van der Waals surface area contributed by atoms with Crippen LogP contribution in [0.2, 0.25) is 0 Å². The Balaban J connectivity index is 1.34. The Kier molecular flexibility index (Phi) is 17.9. The summed E-state index contributed by atoms with van der Waals surface area (Å²) in [4.78, 5) is 54.9. The van der Waals surface area contributed by atoms with Gasteiger partial charge in [0.1, 0.15) is 23.0 Å². The number of rotatable bonds is 21. The maximum Gasteiger partial charge on any atom is 0.246 e. The van der Waals surface area contributed by atoms with Crippen molar-refractivity contribution in [1.82, 2.24) is 20.4 Å². The Morgan fingerprint density at radius 1 is 0.414 bits per heavy atom. The summed E-state index contributed by atoms with van der Waals surface area (Å²) in [5.41, 5.74) is 2.01. The number of carbonyl (C=O) groups is 4. The zero-order valence-electron chi connectivity index (χ0n) is 32.2. The van der Waals surface area contributed by atoms with Crippen LogP contribution in [0, 0.1) is 0 Å². The Bertz CT molecular complexity index is 1960. The molecule has 0 atom stereocenters. The molecular formula is C46H50N4O8. The van der Waals surface area contributed by atoms with Crippen molar-refractivity contribution >= 4 is 47.9 Å². The summed E-state index contributed by atoms with van der Waals surface area (Å²) >= 11 is 0. The molecule has 58 heavy (non-hydrogen) atoms. The quantitative estimate of drug-likeness (QED) is 0.0433.